The molecule has 1 saturated heterocycles. The average Bonchev–Trinajstić information content (AvgIpc) is 3.23. The number of hydrogen-bond donors (Lipinski definition) is 2. The van der Waals surface area contributed by atoms with E-state index < -0.39 is 0 Å². The fraction of sp³-hybridized carbons (Fsp3) is 0.455. The van der Waals surface area contributed by atoms with Gasteiger partial charge in [0.25, 0.3) is 5.91 Å². The molecule has 2 N–H and O–H groups in total. The summed E-state index contributed by atoms with van der Waals surface area (Å²) in [6.07, 6.45) is 2.61. The minimum atomic E-state index is 0.0573. The first-order valence-electron chi connectivity index (χ1n) is 10.1. The number of aliphatic imine (C=N–C) groups is 1. The minimum absolute atomic E-state index is 0.0573. The van der Waals surface area contributed by atoms with Gasteiger partial charge < -0.3 is 24.7 Å². The molecule has 1 aliphatic heterocycles. The molecule has 0 bridgehead atoms. The van der Waals surface area contributed by atoms with E-state index in [-0.39, 0.29) is 18.1 Å². The Morgan fingerprint density at radius 3 is 2.48 bits per heavy atom. The van der Waals surface area contributed by atoms with Crippen LogP contribution in [-0.4, -0.2) is 55.7 Å². The highest BCUT2D eigenvalue weighted by Gasteiger charge is 2.26. The second kappa shape index (κ2) is 10.1. The molecular formula is C22H30N4O3. The Labute approximate surface area is 172 Å². The van der Waals surface area contributed by atoms with Crippen LogP contribution < -0.4 is 10.6 Å². The lowest BCUT2D eigenvalue weighted by Gasteiger charge is -2.35. The van der Waals surface area contributed by atoms with Gasteiger partial charge in [-0.2, -0.15) is 0 Å². The van der Waals surface area contributed by atoms with E-state index in [2.05, 4.69) is 15.6 Å². The second-order valence-electron chi connectivity index (χ2n) is 7.35. The predicted octanol–water partition coefficient (Wildman–Crippen LogP) is 2.44. The van der Waals surface area contributed by atoms with Gasteiger partial charge in [-0.15, -0.1) is 0 Å². The van der Waals surface area contributed by atoms with E-state index in [0.717, 1.165) is 30.2 Å². The van der Waals surface area contributed by atoms with Crippen molar-refractivity contribution in [1.82, 2.24) is 15.5 Å². The van der Waals surface area contributed by atoms with Crippen molar-refractivity contribution in [3.8, 4) is 0 Å². The van der Waals surface area contributed by atoms with Crippen LogP contribution in [0, 0.1) is 0 Å². The zero-order valence-electron chi connectivity index (χ0n) is 17.4. The summed E-state index contributed by atoms with van der Waals surface area (Å²) in [5.74, 6) is 1.73. The molecule has 2 unspecified atom stereocenters. The van der Waals surface area contributed by atoms with Crippen LogP contribution in [0.5, 0.6) is 0 Å². The maximum atomic E-state index is 12.7. The highest BCUT2D eigenvalue weighted by atomic mass is 16.5. The summed E-state index contributed by atoms with van der Waals surface area (Å²) in [4.78, 5) is 18.9. The Bertz CT molecular complexity index is 792. The van der Waals surface area contributed by atoms with Gasteiger partial charge in [0.15, 0.2) is 5.96 Å². The van der Waals surface area contributed by atoms with E-state index in [0.29, 0.717) is 25.2 Å². The Morgan fingerprint density at radius 1 is 1.14 bits per heavy atom. The van der Waals surface area contributed by atoms with E-state index >= 15 is 0 Å². The minimum Gasteiger partial charge on any atom is -0.469 e. The van der Waals surface area contributed by atoms with E-state index in [1.807, 2.05) is 55.1 Å². The van der Waals surface area contributed by atoms with Crippen LogP contribution in [0.4, 0.5) is 0 Å². The van der Waals surface area contributed by atoms with Gasteiger partial charge in [0.1, 0.15) is 5.76 Å². The number of carbonyl (C=O) groups excluding carboxylic acids is 1. The van der Waals surface area contributed by atoms with Gasteiger partial charge in [0.05, 0.1) is 18.5 Å². The Balaban J connectivity index is 1.47. The first-order valence-corrected chi connectivity index (χ1v) is 10.1. The molecule has 3 rings (SSSR count). The van der Waals surface area contributed by atoms with Crippen molar-refractivity contribution in [2.45, 2.75) is 39.0 Å². The van der Waals surface area contributed by atoms with Crippen molar-refractivity contribution < 1.29 is 13.9 Å². The van der Waals surface area contributed by atoms with Crippen molar-refractivity contribution in [1.29, 1.82) is 0 Å². The van der Waals surface area contributed by atoms with Crippen molar-refractivity contribution >= 4 is 11.9 Å². The summed E-state index contributed by atoms with van der Waals surface area (Å²) < 4.78 is 11.0. The Kier molecular flexibility index (Phi) is 7.30. The fourth-order valence-corrected chi connectivity index (χ4v) is 3.46. The number of nitrogens with zero attached hydrogens (tertiary/aromatic N) is 2. The van der Waals surface area contributed by atoms with E-state index in [1.54, 1.807) is 13.3 Å². The van der Waals surface area contributed by atoms with E-state index in [1.165, 1.54) is 0 Å². The van der Waals surface area contributed by atoms with Crippen LogP contribution in [0.1, 0.15) is 35.5 Å². The largest absolute Gasteiger partial charge is 0.469 e. The highest BCUT2D eigenvalue weighted by molar-refractivity contribution is 5.94. The maximum absolute atomic E-state index is 12.7. The number of rotatable bonds is 6. The van der Waals surface area contributed by atoms with Gasteiger partial charge in [-0.3, -0.25) is 9.79 Å². The summed E-state index contributed by atoms with van der Waals surface area (Å²) in [5.41, 5.74) is 1.79. The highest BCUT2D eigenvalue weighted by Crippen LogP contribution is 2.15. The lowest BCUT2D eigenvalue weighted by molar-refractivity contribution is -0.0586. The molecule has 2 heterocycles. The molecule has 0 saturated carbocycles. The molecule has 7 heteroatoms. The van der Waals surface area contributed by atoms with Gasteiger partial charge in [0.2, 0.25) is 0 Å². The number of carbonyl (C=O) groups is 1. The summed E-state index contributed by atoms with van der Waals surface area (Å²) in [6.45, 7) is 6.62. The van der Waals surface area contributed by atoms with Crippen molar-refractivity contribution in [3.05, 3.63) is 59.5 Å². The zero-order valence-corrected chi connectivity index (χ0v) is 17.4. The van der Waals surface area contributed by atoms with E-state index in [4.69, 9.17) is 9.15 Å². The van der Waals surface area contributed by atoms with E-state index in [9.17, 15) is 4.79 Å². The summed E-state index contributed by atoms with van der Waals surface area (Å²) in [5, 5.41) is 6.55. The molecule has 1 amide bonds. The number of morpholine rings is 1. The van der Waals surface area contributed by atoms with Gasteiger partial charge in [-0.25, -0.2) is 0 Å². The molecule has 1 aliphatic rings. The number of nitrogens with one attached hydrogen (secondary N) is 2. The second-order valence-corrected chi connectivity index (χ2v) is 7.35. The Hall–Kier alpha value is -2.80. The third-order valence-electron chi connectivity index (χ3n) is 4.84. The number of benzene rings is 1. The van der Waals surface area contributed by atoms with Crippen LogP contribution in [0.3, 0.4) is 0 Å². The normalized spacial score (nSPS) is 19.8. The van der Waals surface area contributed by atoms with Crippen molar-refractivity contribution in [2.75, 3.05) is 26.7 Å². The molecular weight excluding hydrogens is 368 g/mol. The van der Waals surface area contributed by atoms with Gasteiger partial charge in [0, 0.05) is 45.2 Å². The first-order chi connectivity index (χ1) is 14.0. The molecule has 29 heavy (non-hydrogen) atoms. The standard InChI is InChI=1S/C22H30N4O3/c1-16-14-26(15-17(2)29-16)21(27)19-8-6-18(7-9-19)13-25-22(23-3)24-11-10-20-5-4-12-28-20/h4-9,12,16-17H,10-11,13-15H2,1-3H3,(H2,23,24,25). The summed E-state index contributed by atoms with van der Waals surface area (Å²) in [6, 6.07) is 11.6. The lowest BCUT2D eigenvalue weighted by atomic mass is 10.1. The third kappa shape index (κ3) is 6.09. The first kappa shape index (κ1) is 20.9. The third-order valence-corrected chi connectivity index (χ3v) is 4.84. The molecule has 0 radical (unpaired) electrons. The van der Waals surface area contributed by atoms with Crippen LogP contribution >= 0.6 is 0 Å². The van der Waals surface area contributed by atoms with Gasteiger partial charge >= 0.3 is 0 Å². The molecule has 1 aromatic heterocycles. The Morgan fingerprint density at radius 2 is 1.86 bits per heavy atom. The quantitative estimate of drug-likeness (QED) is 0.577. The van der Waals surface area contributed by atoms with Crippen LogP contribution in [0.2, 0.25) is 0 Å². The summed E-state index contributed by atoms with van der Waals surface area (Å²) in [7, 11) is 1.74. The van der Waals surface area contributed by atoms with Gasteiger partial charge in [-0.05, 0) is 43.7 Å². The van der Waals surface area contributed by atoms with Crippen LogP contribution in [0.25, 0.3) is 0 Å². The molecule has 2 atom stereocenters. The zero-order chi connectivity index (χ0) is 20.6. The molecule has 1 fully saturated rings. The molecule has 0 spiro atoms. The van der Waals surface area contributed by atoms with Gasteiger partial charge in [-0.1, -0.05) is 12.1 Å². The molecule has 156 valence electrons. The number of ether oxygens (including phenoxy) is 1. The number of furan rings is 1. The average molecular weight is 399 g/mol. The molecule has 7 nitrogen and oxygen atoms in total. The van der Waals surface area contributed by atoms with Crippen LogP contribution in [-0.2, 0) is 17.7 Å². The fourth-order valence-electron chi connectivity index (χ4n) is 3.46. The van der Waals surface area contributed by atoms with Crippen LogP contribution in [0.15, 0.2) is 52.1 Å². The predicted molar refractivity (Wildman–Crippen MR) is 113 cm³/mol. The SMILES string of the molecule is CN=C(NCCc1ccco1)NCc1ccc(C(=O)N2CC(C)OC(C)C2)cc1. The lowest BCUT2D eigenvalue weighted by Crippen LogP contribution is -2.48. The topological polar surface area (TPSA) is 79.1 Å². The smallest absolute Gasteiger partial charge is 0.254 e. The molecule has 2 aromatic rings. The van der Waals surface area contributed by atoms with Crippen molar-refractivity contribution in [2.24, 2.45) is 4.99 Å². The number of hydrogen-bond acceptors (Lipinski definition) is 4. The van der Waals surface area contributed by atoms with Crippen molar-refractivity contribution in [3.63, 3.8) is 0 Å². The monoisotopic (exact) mass is 398 g/mol. The number of amides is 1. The molecule has 1 aromatic carbocycles. The molecule has 0 aliphatic carbocycles. The maximum Gasteiger partial charge on any atom is 0.254 e. The number of guanidine groups is 1. The summed E-state index contributed by atoms with van der Waals surface area (Å²) >= 11 is 0.